The summed E-state index contributed by atoms with van der Waals surface area (Å²) in [5, 5.41) is 3.32. The molecule has 0 spiro atoms. The van der Waals surface area contributed by atoms with E-state index in [0.29, 0.717) is 17.9 Å². The molecule has 0 radical (unpaired) electrons. The molecule has 0 aliphatic carbocycles. The van der Waals surface area contributed by atoms with Crippen molar-refractivity contribution in [2.24, 2.45) is 5.92 Å². The third-order valence-corrected chi connectivity index (χ3v) is 5.02. The summed E-state index contributed by atoms with van der Waals surface area (Å²) in [6.45, 7) is 10.2. The minimum absolute atomic E-state index is 0.0245. The van der Waals surface area contributed by atoms with Crippen LogP contribution in [0.1, 0.15) is 26.7 Å². The molecule has 21 heavy (non-hydrogen) atoms. The molecule has 1 unspecified atom stereocenters. The van der Waals surface area contributed by atoms with E-state index in [2.05, 4.69) is 43.1 Å². The first-order chi connectivity index (χ1) is 10.0. The highest BCUT2D eigenvalue weighted by Crippen LogP contribution is 2.21. The molecule has 2 rings (SSSR count). The fourth-order valence-electron chi connectivity index (χ4n) is 3.63. The zero-order valence-corrected chi connectivity index (χ0v) is 14.1. The first-order valence-electron chi connectivity index (χ1n) is 8.40. The third kappa shape index (κ3) is 4.18. The Labute approximate surface area is 129 Å². The number of hydrogen-bond donors (Lipinski definition) is 1. The molecular formula is C16H32N4O. The van der Waals surface area contributed by atoms with E-state index in [-0.39, 0.29) is 6.04 Å². The van der Waals surface area contributed by atoms with Gasteiger partial charge in [-0.2, -0.15) is 0 Å². The van der Waals surface area contributed by atoms with E-state index in [9.17, 15) is 4.79 Å². The summed E-state index contributed by atoms with van der Waals surface area (Å²) in [5.41, 5.74) is 0. The predicted octanol–water partition coefficient (Wildman–Crippen LogP) is 0.469. The van der Waals surface area contributed by atoms with E-state index in [1.54, 1.807) is 0 Å². The van der Waals surface area contributed by atoms with Gasteiger partial charge in [-0.05, 0) is 45.9 Å². The van der Waals surface area contributed by atoms with Crippen LogP contribution in [0, 0.1) is 5.92 Å². The molecule has 5 nitrogen and oxygen atoms in total. The van der Waals surface area contributed by atoms with Crippen LogP contribution in [0.15, 0.2) is 0 Å². The van der Waals surface area contributed by atoms with Crippen LogP contribution < -0.4 is 5.32 Å². The van der Waals surface area contributed by atoms with Crippen LogP contribution in [0.4, 0.5) is 0 Å². The number of likely N-dealkylation sites (N-methyl/N-ethyl adjacent to an activating group) is 1. The van der Waals surface area contributed by atoms with Crippen LogP contribution in [0.5, 0.6) is 0 Å². The molecule has 0 aromatic rings. The first kappa shape index (κ1) is 16.7. The summed E-state index contributed by atoms with van der Waals surface area (Å²) in [4.78, 5) is 19.7. The predicted molar refractivity (Wildman–Crippen MR) is 86.4 cm³/mol. The monoisotopic (exact) mass is 296 g/mol. The molecule has 0 saturated carbocycles. The molecule has 0 bridgehead atoms. The van der Waals surface area contributed by atoms with Crippen molar-refractivity contribution in [3.05, 3.63) is 0 Å². The Morgan fingerprint density at radius 2 is 1.71 bits per heavy atom. The second-order valence-electron chi connectivity index (χ2n) is 6.96. The van der Waals surface area contributed by atoms with Crippen molar-refractivity contribution in [2.45, 2.75) is 38.8 Å². The molecule has 1 atom stereocenters. The fourth-order valence-corrected chi connectivity index (χ4v) is 3.63. The van der Waals surface area contributed by atoms with Crippen molar-refractivity contribution in [3.63, 3.8) is 0 Å². The number of carbonyl (C=O) groups is 1. The molecule has 1 amide bonds. The van der Waals surface area contributed by atoms with Gasteiger partial charge in [0.2, 0.25) is 5.91 Å². The summed E-state index contributed by atoms with van der Waals surface area (Å²) < 4.78 is 0. The van der Waals surface area contributed by atoms with Gasteiger partial charge in [-0.25, -0.2) is 0 Å². The summed E-state index contributed by atoms with van der Waals surface area (Å²) in [5.74, 6) is 0.685. The van der Waals surface area contributed by atoms with Gasteiger partial charge < -0.3 is 15.1 Å². The molecule has 2 aliphatic heterocycles. The maximum atomic E-state index is 12.9. The lowest BCUT2D eigenvalue weighted by Crippen LogP contribution is -2.57. The summed E-state index contributed by atoms with van der Waals surface area (Å²) >= 11 is 0. The molecule has 2 aliphatic rings. The highest BCUT2D eigenvalue weighted by molar-refractivity contribution is 5.82. The Kier molecular flexibility index (Phi) is 6.02. The molecule has 2 fully saturated rings. The van der Waals surface area contributed by atoms with Crippen molar-refractivity contribution in [1.29, 1.82) is 0 Å². The van der Waals surface area contributed by atoms with Crippen molar-refractivity contribution in [1.82, 2.24) is 20.0 Å². The molecule has 0 aromatic heterocycles. The van der Waals surface area contributed by atoms with Crippen molar-refractivity contribution >= 4 is 5.91 Å². The molecule has 2 saturated heterocycles. The Morgan fingerprint density at radius 3 is 2.24 bits per heavy atom. The van der Waals surface area contributed by atoms with Crippen molar-refractivity contribution < 1.29 is 4.79 Å². The van der Waals surface area contributed by atoms with Gasteiger partial charge in [0.05, 0.1) is 6.04 Å². The van der Waals surface area contributed by atoms with E-state index in [1.165, 1.54) is 12.8 Å². The highest BCUT2D eigenvalue weighted by Gasteiger charge is 2.35. The minimum atomic E-state index is 0.0245. The lowest BCUT2D eigenvalue weighted by Gasteiger charge is -2.42. The van der Waals surface area contributed by atoms with Crippen LogP contribution in [0.25, 0.3) is 0 Å². The van der Waals surface area contributed by atoms with Gasteiger partial charge in [-0.1, -0.05) is 13.8 Å². The van der Waals surface area contributed by atoms with Crippen LogP contribution in [0.2, 0.25) is 0 Å². The number of hydrogen-bond acceptors (Lipinski definition) is 4. The Balaban J connectivity index is 2.01. The largest absolute Gasteiger partial charge is 0.339 e. The number of nitrogens with zero attached hydrogens (tertiary/aromatic N) is 3. The maximum absolute atomic E-state index is 12.9. The van der Waals surface area contributed by atoms with Gasteiger partial charge in [0.25, 0.3) is 0 Å². The first-order valence-corrected chi connectivity index (χ1v) is 8.40. The van der Waals surface area contributed by atoms with Crippen LogP contribution in [-0.4, -0.2) is 86.1 Å². The molecule has 122 valence electrons. The minimum Gasteiger partial charge on any atom is -0.339 e. The van der Waals surface area contributed by atoms with E-state index in [4.69, 9.17) is 0 Å². The molecular weight excluding hydrogens is 264 g/mol. The number of rotatable bonds is 4. The third-order valence-electron chi connectivity index (χ3n) is 5.02. The standard InChI is InChI=1S/C16H32N4O/c1-13(2)15(16(21)20-11-7-17-8-12-20)19(4)14-5-9-18(3)10-6-14/h13-15,17H,5-12H2,1-4H3. The highest BCUT2D eigenvalue weighted by atomic mass is 16.2. The van der Waals surface area contributed by atoms with E-state index in [1.807, 2.05) is 4.90 Å². The smallest absolute Gasteiger partial charge is 0.240 e. The Hall–Kier alpha value is -0.650. The normalized spacial score (nSPS) is 23.8. The van der Waals surface area contributed by atoms with Crippen LogP contribution in [-0.2, 0) is 4.79 Å². The number of piperidine rings is 1. The quantitative estimate of drug-likeness (QED) is 0.818. The van der Waals surface area contributed by atoms with Gasteiger partial charge in [-0.3, -0.25) is 9.69 Å². The van der Waals surface area contributed by atoms with Crippen molar-refractivity contribution in [2.75, 3.05) is 53.4 Å². The molecule has 2 heterocycles. The van der Waals surface area contributed by atoms with Gasteiger partial charge in [0.15, 0.2) is 0 Å². The van der Waals surface area contributed by atoms with E-state index < -0.39 is 0 Å². The number of likely N-dealkylation sites (tertiary alicyclic amines) is 1. The van der Waals surface area contributed by atoms with Crippen LogP contribution >= 0.6 is 0 Å². The average molecular weight is 296 g/mol. The lowest BCUT2D eigenvalue weighted by atomic mass is 9.95. The molecule has 1 N–H and O–H groups in total. The maximum Gasteiger partial charge on any atom is 0.240 e. The summed E-state index contributed by atoms with van der Waals surface area (Å²) in [7, 11) is 4.34. The van der Waals surface area contributed by atoms with Gasteiger partial charge in [-0.15, -0.1) is 0 Å². The average Bonchev–Trinajstić information content (AvgIpc) is 2.48. The zero-order valence-electron chi connectivity index (χ0n) is 14.1. The summed E-state index contributed by atoms with van der Waals surface area (Å²) in [6, 6.07) is 0.567. The van der Waals surface area contributed by atoms with Gasteiger partial charge in [0, 0.05) is 32.2 Å². The summed E-state index contributed by atoms with van der Waals surface area (Å²) in [6.07, 6.45) is 2.34. The fraction of sp³-hybridized carbons (Fsp3) is 0.938. The Morgan fingerprint density at radius 1 is 1.14 bits per heavy atom. The Bertz CT molecular complexity index is 333. The van der Waals surface area contributed by atoms with Crippen LogP contribution in [0.3, 0.4) is 0 Å². The number of carbonyl (C=O) groups excluding carboxylic acids is 1. The van der Waals surface area contributed by atoms with E-state index in [0.717, 1.165) is 39.3 Å². The lowest BCUT2D eigenvalue weighted by molar-refractivity contribution is -0.140. The second kappa shape index (κ2) is 7.56. The number of amides is 1. The second-order valence-corrected chi connectivity index (χ2v) is 6.96. The zero-order chi connectivity index (χ0) is 15.4. The van der Waals surface area contributed by atoms with E-state index >= 15 is 0 Å². The van der Waals surface area contributed by atoms with Crippen molar-refractivity contribution in [3.8, 4) is 0 Å². The number of nitrogens with one attached hydrogen (secondary N) is 1. The van der Waals surface area contributed by atoms with Gasteiger partial charge >= 0.3 is 0 Å². The number of piperazine rings is 1. The van der Waals surface area contributed by atoms with Gasteiger partial charge in [0.1, 0.15) is 0 Å². The SMILES string of the molecule is CC(C)C(C(=O)N1CCNCC1)N(C)C1CCN(C)CC1. The molecule has 0 aromatic carbocycles. The molecule has 5 heteroatoms. The topological polar surface area (TPSA) is 38.8 Å².